The number of rotatable bonds is 13. The van der Waals surface area contributed by atoms with Gasteiger partial charge in [-0.05, 0) is 72.4 Å². The zero-order valence-electron chi connectivity index (χ0n) is 22.0. The van der Waals surface area contributed by atoms with Gasteiger partial charge in [0, 0.05) is 18.6 Å². The summed E-state index contributed by atoms with van der Waals surface area (Å²) in [6.07, 6.45) is 4.15. The van der Waals surface area contributed by atoms with Crippen LogP contribution in [0.15, 0.2) is 72.8 Å². The van der Waals surface area contributed by atoms with E-state index < -0.39 is 6.10 Å². The van der Waals surface area contributed by atoms with Gasteiger partial charge in [-0.25, -0.2) is 4.79 Å². The molecular formula is C32H36O5. The van der Waals surface area contributed by atoms with Crippen molar-refractivity contribution < 1.29 is 23.7 Å². The van der Waals surface area contributed by atoms with Crippen molar-refractivity contribution in [2.45, 2.75) is 46.1 Å². The quantitative estimate of drug-likeness (QED) is 0.148. The van der Waals surface area contributed by atoms with Crippen molar-refractivity contribution in [1.82, 2.24) is 0 Å². The van der Waals surface area contributed by atoms with Crippen molar-refractivity contribution >= 4 is 11.5 Å². The molecule has 1 unspecified atom stereocenters. The van der Waals surface area contributed by atoms with E-state index in [1.807, 2.05) is 31.2 Å². The molecule has 0 saturated carbocycles. The minimum absolute atomic E-state index is 0.327. The molecular weight excluding hydrogens is 464 g/mol. The van der Waals surface area contributed by atoms with Crippen molar-refractivity contribution in [1.29, 1.82) is 0 Å². The molecule has 1 aliphatic rings. The molecule has 194 valence electrons. The second kappa shape index (κ2) is 13.1. The Balaban J connectivity index is 1.46. The molecule has 0 radical (unpaired) electrons. The fraction of sp³-hybridized carbons (Fsp3) is 0.344. The van der Waals surface area contributed by atoms with Gasteiger partial charge in [-0.15, -0.1) is 0 Å². The summed E-state index contributed by atoms with van der Waals surface area (Å²) < 4.78 is 22.9. The second-order valence-electron chi connectivity index (χ2n) is 8.90. The first kappa shape index (κ1) is 26.5. The minimum Gasteiger partial charge on any atom is -0.493 e. The number of benzene rings is 3. The Bertz CT molecular complexity index is 1210. The maximum absolute atomic E-state index is 12.1. The van der Waals surface area contributed by atoms with Gasteiger partial charge in [0.05, 0.1) is 13.2 Å². The summed E-state index contributed by atoms with van der Waals surface area (Å²) in [6.45, 7) is 7.80. The van der Waals surface area contributed by atoms with Crippen LogP contribution >= 0.6 is 0 Å². The topological polar surface area (TPSA) is 54.0 Å². The van der Waals surface area contributed by atoms with Crippen LogP contribution < -0.4 is 9.47 Å². The van der Waals surface area contributed by atoms with Gasteiger partial charge in [0.1, 0.15) is 18.1 Å². The highest BCUT2D eigenvalue weighted by Gasteiger charge is 2.26. The first-order chi connectivity index (χ1) is 18.2. The van der Waals surface area contributed by atoms with Gasteiger partial charge < -0.3 is 18.9 Å². The predicted molar refractivity (Wildman–Crippen MR) is 147 cm³/mol. The molecule has 0 aromatic heterocycles. The van der Waals surface area contributed by atoms with E-state index in [1.165, 1.54) is 16.7 Å². The normalized spacial score (nSPS) is 13.6. The van der Waals surface area contributed by atoms with Gasteiger partial charge >= 0.3 is 5.97 Å². The summed E-state index contributed by atoms with van der Waals surface area (Å²) in [4.78, 5) is 12.1. The van der Waals surface area contributed by atoms with Crippen molar-refractivity contribution in [2.24, 2.45) is 0 Å². The Morgan fingerprint density at radius 2 is 1.59 bits per heavy atom. The molecule has 0 N–H and O–H groups in total. The van der Waals surface area contributed by atoms with Crippen LogP contribution in [0.1, 0.15) is 50.3 Å². The van der Waals surface area contributed by atoms with Crippen LogP contribution in [0.5, 0.6) is 11.5 Å². The SMILES string of the molecule is CCCCOc1cccc2c1-c1ccccc1/C2=C\COc1ccc(CC(OCC)C(=O)OCC)cc1. The lowest BCUT2D eigenvalue weighted by Crippen LogP contribution is -2.28. The van der Waals surface area contributed by atoms with Gasteiger partial charge in [-0.1, -0.05) is 61.9 Å². The number of hydrogen-bond donors (Lipinski definition) is 0. The fourth-order valence-electron chi connectivity index (χ4n) is 4.58. The van der Waals surface area contributed by atoms with E-state index in [0.29, 0.717) is 26.2 Å². The number of esters is 1. The number of unbranched alkanes of at least 4 members (excludes halogenated alkanes) is 1. The Kier molecular flexibility index (Phi) is 9.39. The van der Waals surface area contributed by atoms with Gasteiger partial charge in [0.2, 0.25) is 0 Å². The number of hydrogen-bond acceptors (Lipinski definition) is 5. The van der Waals surface area contributed by atoms with Crippen LogP contribution in [0.4, 0.5) is 0 Å². The zero-order valence-corrected chi connectivity index (χ0v) is 22.0. The molecule has 0 amide bonds. The molecule has 37 heavy (non-hydrogen) atoms. The van der Waals surface area contributed by atoms with E-state index in [4.69, 9.17) is 18.9 Å². The van der Waals surface area contributed by atoms with E-state index >= 15 is 0 Å². The van der Waals surface area contributed by atoms with E-state index in [-0.39, 0.29) is 5.97 Å². The molecule has 3 aromatic carbocycles. The van der Waals surface area contributed by atoms with Gasteiger partial charge in [-0.3, -0.25) is 0 Å². The van der Waals surface area contributed by atoms with Crippen LogP contribution in [0.3, 0.4) is 0 Å². The van der Waals surface area contributed by atoms with Gasteiger partial charge in [0.25, 0.3) is 0 Å². The second-order valence-corrected chi connectivity index (χ2v) is 8.90. The maximum atomic E-state index is 12.1. The minimum atomic E-state index is -0.597. The molecule has 0 heterocycles. The van der Waals surface area contributed by atoms with E-state index in [2.05, 4.69) is 55.5 Å². The lowest BCUT2D eigenvalue weighted by Gasteiger charge is -2.15. The third kappa shape index (κ3) is 6.41. The van der Waals surface area contributed by atoms with Gasteiger partial charge in [-0.2, -0.15) is 0 Å². The largest absolute Gasteiger partial charge is 0.493 e. The summed E-state index contributed by atoms with van der Waals surface area (Å²) in [5, 5.41) is 0. The van der Waals surface area contributed by atoms with Crippen LogP contribution in [-0.4, -0.2) is 38.5 Å². The maximum Gasteiger partial charge on any atom is 0.335 e. The summed E-state index contributed by atoms with van der Waals surface area (Å²) >= 11 is 0. The standard InChI is InChI=1S/C32H36O5/c1-4-7-20-37-29-14-10-13-28-26(25-11-8-9-12-27(25)31(28)29)19-21-36-24-17-15-23(16-18-24)22-30(34-5-2)32(33)35-6-3/h8-19,30H,4-7,20-22H2,1-3H3/b26-19+. The molecule has 1 aliphatic carbocycles. The van der Waals surface area contributed by atoms with Crippen LogP contribution in [0.2, 0.25) is 0 Å². The molecule has 5 heteroatoms. The molecule has 5 nitrogen and oxygen atoms in total. The summed E-state index contributed by atoms with van der Waals surface area (Å²) in [7, 11) is 0. The Labute approximate surface area is 220 Å². The van der Waals surface area contributed by atoms with E-state index in [9.17, 15) is 4.79 Å². The zero-order chi connectivity index (χ0) is 26.0. The molecule has 1 atom stereocenters. The Morgan fingerprint density at radius 1 is 0.838 bits per heavy atom. The molecule has 0 bridgehead atoms. The van der Waals surface area contributed by atoms with Crippen molar-refractivity contribution in [3.05, 3.63) is 89.5 Å². The average molecular weight is 501 g/mol. The number of ether oxygens (including phenoxy) is 4. The lowest BCUT2D eigenvalue weighted by molar-refractivity contribution is -0.156. The molecule has 0 spiro atoms. The molecule has 3 aromatic rings. The van der Waals surface area contributed by atoms with Crippen LogP contribution in [0, 0.1) is 0 Å². The molecule has 0 saturated heterocycles. The van der Waals surface area contributed by atoms with Crippen molar-refractivity contribution in [3.8, 4) is 22.6 Å². The first-order valence-corrected chi connectivity index (χ1v) is 13.2. The summed E-state index contributed by atoms with van der Waals surface area (Å²) in [5.74, 6) is 1.38. The van der Waals surface area contributed by atoms with Crippen molar-refractivity contribution in [3.63, 3.8) is 0 Å². The Hall–Kier alpha value is -3.57. The summed E-state index contributed by atoms with van der Waals surface area (Å²) in [5.41, 5.74) is 6.89. The highest BCUT2D eigenvalue weighted by Crippen LogP contribution is 2.48. The average Bonchev–Trinajstić information content (AvgIpc) is 3.24. The third-order valence-corrected chi connectivity index (χ3v) is 6.36. The Morgan fingerprint density at radius 3 is 2.32 bits per heavy atom. The lowest BCUT2D eigenvalue weighted by atomic mass is 10.0. The van der Waals surface area contributed by atoms with E-state index in [1.54, 1.807) is 6.92 Å². The smallest absolute Gasteiger partial charge is 0.335 e. The molecule has 0 fully saturated rings. The molecule has 4 rings (SSSR count). The fourth-order valence-corrected chi connectivity index (χ4v) is 4.58. The third-order valence-electron chi connectivity index (χ3n) is 6.36. The number of fused-ring (bicyclic) bond motifs is 3. The first-order valence-electron chi connectivity index (χ1n) is 13.2. The monoisotopic (exact) mass is 500 g/mol. The number of carbonyl (C=O) groups is 1. The van der Waals surface area contributed by atoms with Crippen LogP contribution in [-0.2, 0) is 20.7 Å². The highest BCUT2D eigenvalue weighted by molar-refractivity contribution is 6.03. The highest BCUT2D eigenvalue weighted by atomic mass is 16.6. The van der Waals surface area contributed by atoms with Gasteiger partial charge in [0.15, 0.2) is 6.10 Å². The number of carbonyl (C=O) groups excluding carboxylic acids is 1. The van der Waals surface area contributed by atoms with Crippen LogP contribution in [0.25, 0.3) is 16.7 Å². The van der Waals surface area contributed by atoms with E-state index in [0.717, 1.165) is 47.6 Å². The van der Waals surface area contributed by atoms with Crippen molar-refractivity contribution in [2.75, 3.05) is 26.4 Å². The predicted octanol–water partition coefficient (Wildman–Crippen LogP) is 6.87. The molecule has 0 aliphatic heterocycles. The summed E-state index contributed by atoms with van der Waals surface area (Å²) in [6, 6.07) is 22.5.